The van der Waals surface area contributed by atoms with E-state index in [0.29, 0.717) is 5.78 Å². The molecule has 0 atom stereocenters. The molecule has 0 aliphatic heterocycles. The summed E-state index contributed by atoms with van der Waals surface area (Å²) in [4.78, 5) is 4.01. The molecular weight excluding hydrogens is 250 g/mol. The van der Waals surface area contributed by atoms with E-state index >= 15 is 0 Å². The molecule has 0 aliphatic rings. The summed E-state index contributed by atoms with van der Waals surface area (Å²) in [6.07, 6.45) is 8.66. The second-order valence-electron chi connectivity index (χ2n) is 3.40. The second-order valence-corrected chi connectivity index (χ2v) is 4.18. The number of aromatic nitrogens is 6. The summed E-state index contributed by atoms with van der Waals surface area (Å²) in [7, 11) is 0. The Hall–Kier alpha value is -2.22. The van der Waals surface area contributed by atoms with Gasteiger partial charge in [0.1, 0.15) is 6.33 Å². The Morgan fingerprint density at radius 2 is 2.33 bits per heavy atom. The van der Waals surface area contributed by atoms with Gasteiger partial charge >= 0.3 is 0 Å². The maximum Gasteiger partial charge on any atom is 0.275 e. The number of fused-ring (bicyclic) bond motifs is 1. The van der Waals surface area contributed by atoms with Crippen LogP contribution in [0.2, 0.25) is 0 Å². The lowest BCUT2D eigenvalue weighted by Gasteiger charge is -1.91. The van der Waals surface area contributed by atoms with E-state index in [2.05, 4.69) is 25.4 Å². The highest BCUT2D eigenvalue weighted by molar-refractivity contribution is 7.98. The summed E-state index contributed by atoms with van der Waals surface area (Å²) in [5.41, 5.74) is 0.911. The first kappa shape index (κ1) is 10.9. The van der Waals surface area contributed by atoms with E-state index in [1.165, 1.54) is 11.8 Å². The first-order chi connectivity index (χ1) is 8.88. The van der Waals surface area contributed by atoms with Crippen molar-refractivity contribution in [3.63, 3.8) is 0 Å². The van der Waals surface area contributed by atoms with E-state index < -0.39 is 0 Å². The molecule has 0 radical (unpaired) electrons. The van der Waals surface area contributed by atoms with E-state index in [1.54, 1.807) is 34.1 Å². The Kier molecular flexibility index (Phi) is 2.77. The maximum atomic E-state index is 4.27. The molecular formula is C10H9N7S. The zero-order valence-electron chi connectivity index (χ0n) is 9.50. The molecule has 0 aromatic carbocycles. The summed E-state index contributed by atoms with van der Waals surface area (Å²) < 4.78 is 3.21. The average Bonchev–Trinajstić information content (AvgIpc) is 2.99. The fraction of sp³-hybridized carbons (Fsp3) is 0.100. The van der Waals surface area contributed by atoms with Gasteiger partial charge in [-0.3, -0.25) is 4.98 Å². The minimum Gasteiger partial charge on any atom is -0.264 e. The lowest BCUT2D eigenvalue weighted by molar-refractivity contribution is 0.817. The lowest BCUT2D eigenvalue weighted by Crippen LogP contribution is -1.91. The number of nitrogens with zero attached hydrogens (tertiary/aromatic N) is 7. The Morgan fingerprint density at radius 1 is 1.39 bits per heavy atom. The SMILES string of the molecule is CSc1nnc2n(N=Cc3cccnc3)cnn12. The predicted molar refractivity (Wildman–Crippen MR) is 67.8 cm³/mol. The van der Waals surface area contributed by atoms with Gasteiger partial charge in [-0.1, -0.05) is 17.8 Å². The minimum absolute atomic E-state index is 0.583. The largest absolute Gasteiger partial charge is 0.275 e. The Balaban J connectivity index is 1.96. The monoisotopic (exact) mass is 259 g/mol. The minimum atomic E-state index is 0.583. The zero-order chi connectivity index (χ0) is 12.4. The Labute approximate surface area is 107 Å². The smallest absolute Gasteiger partial charge is 0.264 e. The third-order valence-electron chi connectivity index (χ3n) is 2.28. The van der Waals surface area contributed by atoms with Crippen molar-refractivity contribution in [2.24, 2.45) is 5.10 Å². The molecule has 3 aromatic heterocycles. The summed E-state index contributed by atoms with van der Waals surface area (Å²) in [5, 5.41) is 17.2. The molecule has 0 saturated heterocycles. The van der Waals surface area contributed by atoms with Crippen molar-refractivity contribution < 1.29 is 0 Å². The van der Waals surface area contributed by atoms with Crippen molar-refractivity contribution in [1.29, 1.82) is 0 Å². The van der Waals surface area contributed by atoms with Crippen LogP contribution in [0.5, 0.6) is 0 Å². The van der Waals surface area contributed by atoms with Crippen LogP contribution in [-0.4, -0.2) is 41.9 Å². The van der Waals surface area contributed by atoms with Gasteiger partial charge in [0.25, 0.3) is 5.78 Å². The summed E-state index contributed by atoms with van der Waals surface area (Å²) >= 11 is 1.48. The molecule has 0 spiro atoms. The number of thioether (sulfide) groups is 1. The van der Waals surface area contributed by atoms with E-state index in [9.17, 15) is 0 Å². The molecule has 3 aromatic rings. The molecule has 7 nitrogen and oxygen atoms in total. The van der Waals surface area contributed by atoms with Crippen molar-refractivity contribution in [3.05, 3.63) is 36.4 Å². The average molecular weight is 259 g/mol. The van der Waals surface area contributed by atoms with Crippen LogP contribution in [0.1, 0.15) is 5.56 Å². The first-order valence-corrected chi connectivity index (χ1v) is 6.38. The van der Waals surface area contributed by atoms with Crippen LogP contribution in [0.3, 0.4) is 0 Å². The van der Waals surface area contributed by atoms with Gasteiger partial charge in [-0.25, -0.2) is 0 Å². The highest BCUT2D eigenvalue weighted by atomic mass is 32.2. The molecule has 0 fully saturated rings. The van der Waals surface area contributed by atoms with E-state index in [0.717, 1.165) is 10.7 Å². The summed E-state index contributed by atoms with van der Waals surface area (Å²) in [6.45, 7) is 0. The van der Waals surface area contributed by atoms with Crippen LogP contribution in [0.15, 0.2) is 41.1 Å². The van der Waals surface area contributed by atoms with Crippen molar-refractivity contribution in [1.82, 2.24) is 29.5 Å². The highest BCUT2D eigenvalue weighted by Crippen LogP contribution is 2.11. The van der Waals surface area contributed by atoms with E-state index in [1.807, 2.05) is 18.4 Å². The molecule has 90 valence electrons. The van der Waals surface area contributed by atoms with Crippen molar-refractivity contribution in [3.8, 4) is 0 Å². The van der Waals surface area contributed by atoms with Crippen LogP contribution in [0, 0.1) is 0 Å². The molecule has 0 aliphatic carbocycles. The summed E-state index contributed by atoms with van der Waals surface area (Å²) in [6, 6.07) is 3.77. The van der Waals surface area contributed by atoms with Crippen molar-refractivity contribution in [2.45, 2.75) is 5.16 Å². The highest BCUT2D eigenvalue weighted by Gasteiger charge is 2.08. The van der Waals surface area contributed by atoms with Gasteiger partial charge in [0.15, 0.2) is 0 Å². The molecule has 18 heavy (non-hydrogen) atoms. The van der Waals surface area contributed by atoms with Crippen LogP contribution >= 0.6 is 11.8 Å². The van der Waals surface area contributed by atoms with Gasteiger partial charge in [0.05, 0.1) is 6.21 Å². The molecule has 0 saturated carbocycles. The molecule has 0 N–H and O–H groups in total. The first-order valence-electron chi connectivity index (χ1n) is 5.15. The number of hydrogen-bond donors (Lipinski definition) is 0. The molecule has 3 rings (SSSR count). The quantitative estimate of drug-likeness (QED) is 0.516. The standard InChI is InChI=1S/C10H9N7S/c1-18-10-15-14-9-16(7-13-17(9)10)12-6-8-3-2-4-11-5-8/h2-7H,1H3. The van der Waals surface area contributed by atoms with Gasteiger partial charge < -0.3 is 0 Å². The number of rotatable bonds is 3. The normalized spacial score (nSPS) is 11.6. The number of hydrogen-bond acceptors (Lipinski definition) is 6. The van der Waals surface area contributed by atoms with Gasteiger partial charge in [-0.05, 0) is 12.3 Å². The molecule has 0 unspecified atom stereocenters. The van der Waals surface area contributed by atoms with E-state index in [-0.39, 0.29) is 0 Å². The Morgan fingerprint density at radius 3 is 3.11 bits per heavy atom. The van der Waals surface area contributed by atoms with Crippen molar-refractivity contribution >= 4 is 23.8 Å². The van der Waals surface area contributed by atoms with Crippen LogP contribution in [0.4, 0.5) is 0 Å². The van der Waals surface area contributed by atoms with Crippen LogP contribution in [0.25, 0.3) is 5.78 Å². The fourth-order valence-electron chi connectivity index (χ4n) is 1.44. The lowest BCUT2D eigenvalue weighted by atomic mass is 10.3. The number of pyridine rings is 1. The maximum absolute atomic E-state index is 4.27. The van der Waals surface area contributed by atoms with Crippen molar-refractivity contribution in [2.75, 3.05) is 6.26 Å². The Bertz CT molecular complexity index is 685. The third kappa shape index (κ3) is 1.86. The molecule has 0 bridgehead atoms. The topological polar surface area (TPSA) is 73.3 Å². The van der Waals surface area contributed by atoms with E-state index in [4.69, 9.17) is 0 Å². The third-order valence-corrected chi connectivity index (χ3v) is 2.89. The fourth-order valence-corrected chi connectivity index (χ4v) is 1.87. The summed E-state index contributed by atoms with van der Waals surface area (Å²) in [5.74, 6) is 0.583. The van der Waals surface area contributed by atoms with Gasteiger partial charge in [0, 0.05) is 18.0 Å². The van der Waals surface area contributed by atoms with Crippen LogP contribution in [-0.2, 0) is 0 Å². The second kappa shape index (κ2) is 4.57. The molecule has 3 heterocycles. The molecule has 8 heteroatoms. The van der Waals surface area contributed by atoms with Crippen LogP contribution < -0.4 is 0 Å². The van der Waals surface area contributed by atoms with Gasteiger partial charge in [-0.15, -0.1) is 10.2 Å². The van der Waals surface area contributed by atoms with Gasteiger partial charge in [-0.2, -0.15) is 19.4 Å². The zero-order valence-corrected chi connectivity index (χ0v) is 10.3. The molecule has 0 amide bonds. The van der Waals surface area contributed by atoms with Gasteiger partial charge in [0.2, 0.25) is 5.16 Å². The predicted octanol–water partition coefficient (Wildman–Crippen LogP) is 0.925.